The van der Waals surface area contributed by atoms with Gasteiger partial charge in [0.1, 0.15) is 11.9 Å². The molecule has 0 aromatic heterocycles. The summed E-state index contributed by atoms with van der Waals surface area (Å²) in [5.74, 6) is -0.329. The Balaban J connectivity index is 0.00000225. The molecule has 2 saturated heterocycles. The van der Waals surface area contributed by atoms with E-state index >= 15 is 0 Å². The number of nitrogens with two attached hydrogens (primary N) is 1. The zero-order valence-corrected chi connectivity index (χ0v) is 16.3. The zero-order chi connectivity index (χ0) is 18.8. The van der Waals surface area contributed by atoms with Crippen molar-refractivity contribution in [3.05, 3.63) is 54.3 Å². The lowest BCUT2D eigenvalue weighted by Gasteiger charge is -2.37. The minimum atomic E-state index is -0.478. The number of para-hydroxylation sites is 1. The van der Waals surface area contributed by atoms with E-state index < -0.39 is 6.09 Å². The first-order chi connectivity index (χ1) is 13.2. The van der Waals surface area contributed by atoms with Crippen molar-refractivity contribution in [3.8, 4) is 0 Å². The summed E-state index contributed by atoms with van der Waals surface area (Å²) >= 11 is 0. The first kappa shape index (κ1) is 20.2. The van der Waals surface area contributed by atoms with Gasteiger partial charge in [0.25, 0.3) is 0 Å². The summed E-state index contributed by atoms with van der Waals surface area (Å²) < 4.78 is 19.9. The molecule has 0 radical (unpaired) electrons. The molecule has 1 amide bonds. The third kappa shape index (κ3) is 4.00. The van der Waals surface area contributed by atoms with Crippen molar-refractivity contribution >= 4 is 35.6 Å². The molecule has 4 rings (SSSR count). The number of piperazine rings is 1. The molecule has 0 aliphatic carbocycles. The van der Waals surface area contributed by atoms with Crippen molar-refractivity contribution in [1.82, 2.24) is 0 Å². The lowest BCUT2D eigenvalue weighted by Crippen LogP contribution is -2.46. The summed E-state index contributed by atoms with van der Waals surface area (Å²) in [5, 5.41) is 0. The average Bonchev–Trinajstić information content (AvgIpc) is 3.10. The molecule has 2 aliphatic rings. The van der Waals surface area contributed by atoms with Crippen LogP contribution in [0.5, 0.6) is 0 Å². The van der Waals surface area contributed by atoms with Gasteiger partial charge < -0.3 is 20.3 Å². The van der Waals surface area contributed by atoms with Gasteiger partial charge in [-0.25, -0.2) is 9.18 Å². The first-order valence-corrected chi connectivity index (χ1v) is 9.18. The van der Waals surface area contributed by atoms with Crippen LogP contribution in [0.15, 0.2) is 48.5 Å². The van der Waals surface area contributed by atoms with Gasteiger partial charge in [0.2, 0.25) is 0 Å². The minimum Gasteiger partial charge on any atom is -0.443 e. The van der Waals surface area contributed by atoms with Gasteiger partial charge in [-0.05, 0) is 30.3 Å². The summed E-state index contributed by atoms with van der Waals surface area (Å²) in [6, 6.07) is 15.1. The Hall–Kier alpha value is -2.51. The van der Waals surface area contributed by atoms with Gasteiger partial charge >= 0.3 is 6.09 Å². The Bertz CT molecular complexity index is 815. The topological polar surface area (TPSA) is 62.0 Å². The zero-order valence-electron chi connectivity index (χ0n) is 15.5. The third-order valence-electron chi connectivity index (χ3n) is 5.12. The van der Waals surface area contributed by atoms with Crippen molar-refractivity contribution < 1.29 is 13.9 Å². The largest absolute Gasteiger partial charge is 0.443 e. The number of carbonyl (C=O) groups excluding carboxylic acids is 1. The number of carbonyl (C=O) groups is 1. The van der Waals surface area contributed by atoms with Crippen LogP contribution in [0.25, 0.3) is 0 Å². The first-order valence-electron chi connectivity index (χ1n) is 9.18. The second-order valence-corrected chi connectivity index (χ2v) is 6.80. The SMILES string of the molecule is Cl.NC[C@H]1CN(c2ccc(N3CCN(c4ccccc4)CC3)c(F)c2)C(=O)O1. The van der Waals surface area contributed by atoms with Crippen LogP contribution in [0, 0.1) is 5.82 Å². The maximum atomic E-state index is 14.8. The normalized spacial score (nSPS) is 19.4. The molecular formula is C20H24ClFN4O2. The summed E-state index contributed by atoms with van der Waals surface area (Å²) in [5.41, 5.74) is 7.81. The van der Waals surface area contributed by atoms with Crippen LogP contribution in [0.3, 0.4) is 0 Å². The molecule has 8 heteroatoms. The highest BCUT2D eigenvalue weighted by Crippen LogP contribution is 2.29. The minimum absolute atomic E-state index is 0. The number of amides is 1. The van der Waals surface area contributed by atoms with Crippen LogP contribution in [-0.2, 0) is 4.74 Å². The van der Waals surface area contributed by atoms with E-state index in [1.807, 2.05) is 23.1 Å². The third-order valence-corrected chi connectivity index (χ3v) is 5.12. The maximum absolute atomic E-state index is 14.8. The van der Waals surface area contributed by atoms with Crippen LogP contribution in [0.4, 0.5) is 26.2 Å². The molecule has 0 unspecified atom stereocenters. The molecular weight excluding hydrogens is 383 g/mol. The van der Waals surface area contributed by atoms with Crippen molar-refractivity contribution in [1.29, 1.82) is 0 Å². The fourth-order valence-corrected chi connectivity index (χ4v) is 3.62. The van der Waals surface area contributed by atoms with Crippen molar-refractivity contribution in [2.45, 2.75) is 6.10 Å². The number of anilines is 3. The van der Waals surface area contributed by atoms with E-state index in [4.69, 9.17) is 10.5 Å². The molecule has 0 saturated carbocycles. The molecule has 2 aromatic rings. The Kier molecular flexibility index (Phi) is 6.26. The molecule has 2 aromatic carbocycles. The lowest BCUT2D eigenvalue weighted by molar-refractivity contribution is 0.145. The maximum Gasteiger partial charge on any atom is 0.414 e. The van der Waals surface area contributed by atoms with E-state index in [-0.39, 0.29) is 30.9 Å². The molecule has 6 nitrogen and oxygen atoms in total. The van der Waals surface area contributed by atoms with E-state index in [0.29, 0.717) is 17.9 Å². The number of halogens is 2. The van der Waals surface area contributed by atoms with Crippen LogP contribution in [0.2, 0.25) is 0 Å². The van der Waals surface area contributed by atoms with Crippen molar-refractivity contribution in [2.24, 2.45) is 5.73 Å². The molecule has 2 heterocycles. The van der Waals surface area contributed by atoms with Gasteiger partial charge in [0.15, 0.2) is 0 Å². The van der Waals surface area contributed by atoms with E-state index in [1.54, 1.807) is 12.1 Å². The molecule has 150 valence electrons. The molecule has 0 spiro atoms. The summed E-state index contributed by atoms with van der Waals surface area (Å²) in [4.78, 5) is 17.7. The van der Waals surface area contributed by atoms with Crippen molar-refractivity contribution in [3.63, 3.8) is 0 Å². The number of benzene rings is 2. The smallest absolute Gasteiger partial charge is 0.414 e. The predicted octanol–water partition coefficient (Wildman–Crippen LogP) is 2.86. The van der Waals surface area contributed by atoms with Gasteiger partial charge in [-0.15, -0.1) is 12.4 Å². The molecule has 28 heavy (non-hydrogen) atoms. The highest BCUT2D eigenvalue weighted by molar-refractivity contribution is 5.90. The van der Waals surface area contributed by atoms with Crippen LogP contribution < -0.4 is 20.4 Å². The second kappa shape index (κ2) is 8.67. The highest BCUT2D eigenvalue weighted by Gasteiger charge is 2.32. The second-order valence-electron chi connectivity index (χ2n) is 6.80. The Labute approximate surface area is 170 Å². The van der Waals surface area contributed by atoms with E-state index in [0.717, 1.165) is 26.2 Å². The molecule has 1 atom stereocenters. The molecule has 2 aliphatic heterocycles. The van der Waals surface area contributed by atoms with Gasteiger partial charge in [0.05, 0.1) is 17.9 Å². The van der Waals surface area contributed by atoms with Crippen LogP contribution >= 0.6 is 12.4 Å². The number of ether oxygens (including phenoxy) is 1. The Morgan fingerprint density at radius 3 is 2.29 bits per heavy atom. The summed E-state index contributed by atoms with van der Waals surface area (Å²) in [6.45, 7) is 3.76. The quantitative estimate of drug-likeness (QED) is 0.846. The van der Waals surface area contributed by atoms with E-state index in [9.17, 15) is 9.18 Å². The van der Waals surface area contributed by atoms with Crippen LogP contribution in [0.1, 0.15) is 0 Å². The Morgan fingerprint density at radius 2 is 1.68 bits per heavy atom. The van der Waals surface area contributed by atoms with E-state index in [2.05, 4.69) is 17.0 Å². The number of hydrogen-bond acceptors (Lipinski definition) is 5. The number of cyclic esters (lactones) is 1. The number of nitrogens with zero attached hydrogens (tertiary/aromatic N) is 3. The van der Waals surface area contributed by atoms with Gasteiger partial charge in [-0.2, -0.15) is 0 Å². The molecule has 2 fully saturated rings. The highest BCUT2D eigenvalue weighted by atomic mass is 35.5. The summed E-state index contributed by atoms with van der Waals surface area (Å²) in [6.07, 6.45) is -0.819. The van der Waals surface area contributed by atoms with Gasteiger partial charge in [0, 0.05) is 38.4 Å². The lowest BCUT2D eigenvalue weighted by atomic mass is 10.2. The Morgan fingerprint density at radius 1 is 1.00 bits per heavy atom. The fourth-order valence-electron chi connectivity index (χ4n) is 3.62. The van der Waals surface area contributed by atoms with E-state index in [1.165, 1.54) is 16.7 Å². The van der Waals surface area contributed by atoms with Crippen LogP contribution in [-0.4, -0.2) is 51.5 Å². The van der Waals surface area contributed by atoms with Gasteiger partial charge in [-0.1, -0.05) is 18.2 Å². The monoisotopic (exact) mass is 406 g/mol. The van der Waals surface area contributed by atoms with Gasteiger partial charge in [-0.3, -0.25) is 4.90 Å². The van der Waals surface area contributed by atoms with Crippen molar-refractivity contribution in [2.75, 3.05) is 54.0 Å². The fraction of sp³-hybridized carbons (Fsp3) is 0.350. The summed E-state index contributed by atoms with van der Waals surface area (Å²) in [7, 11) is 0. The average molecular weight is 407 g/mol. The predicted molar refractivity (Wildman–Crippen MR) is 111 cm³/mol. The number of hydrogen-bond donors (Lipinski definition) is 1. The molecule has 2 N–H and O–H groups in total. The molecule has 0 bridgehead atoms. The number of rotatable bonds is 4. The standard InChI is InChI=1S/C20H23FN4O2.ClH/c21-18-12-16(25-14-17(13-22)27-20(25)26)6-7-19(18)24-10-8-23(9-11-24)15-4-2-1-3-5-15;/h1-7,12,17H,8-11,13-14,22H2;1H/t17-;/m0./s1.